The molecule has 5 rings (SSSR count). The van der Waals surface area contributed by atoms with Crippen molar-refractivity contribution in [3.8, 4) is 0 Å². The quantitative estimate of drug-likeness (QED) is 0.728. The van der Waals surface area contributed by atoms with E-state index in [9.17, 15) is 5.11 Å². The standard InChI is InChI=1S/C20H24N6OS/c27-16-10-20(14-26(13-16)19-11-21-5-6-22-19)3-7-25(8-4-20)12-15-1-2-17-18(9-15)24-28-23-17/h1-2,5-6,9,11,16,27H,3-4,7-8,10,12-14H2. The monoisotopic (exact) mass is 396 g/mol. The van der Waals surface area contributed by atoms with E-state index in [2.05, 4.69) is 46.7 Å². The van der Waals surface area contributed by atoms with Crippen LogP contribution >= 0.6 is 11.7 Å². The number of fused-ring (bicyclic) bond motifs is 1. The number of β-amino-alcohol motifs (C(OH)–C–C–N with tert-alkyl or cyclic N) is 1. The number of hydrogen-bond donors (Lipinski definition) is 1. The van der Waals surface area contributed by atoms with Crippen molar-refractivity contribution in [3.63, 3.8) is 0 Å². The van der Waals surface area contributed by atoms with Gasteiger partial charge in [0, 0.05) is 32.0 Å². The summed E-state index contributed by atoms with van der Waals surface area (Å²) in [6.07, 6.45) is 7.99. The Morgan fingerprint density at radius 3 is 2.82 bits per heavy atom. The highest BCUT2D eigenvalue weighted by molar-refractivity contribution is 7.00. The van der Waals surface area contributed by atoms with Crippen molar-refractivity contribution in [2.75, 3.05) is 31.1 Å². The summed E-state index contributed by atoms with van der Waals surface area (Å²) >= 11 is 1.27. The molecule has 0 radical (unpaired) electrons. The van der Waals surface area contributed by atoms with Crippen molar-refractivity contribution in [2.24, 2.45) is 5.41 Å². The normalized spacial score (nSPS) is 22.8. The molecule has 7 nitrogen and oxygen atoms in total. The van der Waals surface area contributed by atoms with Gasteiger partial charge in [-0.25, -0.2) is 4.98 Å². The Morgan fingerprint density at radius 1 is 1.14 bits per heavy atom. The molecular weight excluding hydrogens is 372 g/mol. The molecule has 0 amide bonds. The van der Waals surface area contributed by atoms with Crippen LogP contribution in [-0.4, -0.2) is 61.0 Å². The number of aliphatic hydroxyl groups is 1. The van der Waals surface area contributed by atoms with Gasteiger partial charge in [0.25, 0.3) is 0 Å². The zero-order valence-electron chi connectivity index (χ0n) is 15.7. The van der Waals surface area contributed by atoms with Crippen molar-refractivity contribution >= 4 is 28.6 Å². The van der Waals surface area contributed by atoms with E-state index in [1.165, 1.54) is 17.3 Å². The maximum atomic E-state index is 10.5. The molecule has 1 unspecified atom stereocenters. The van der Waals surface area contributed by atoms with Gasteiger partial charge in [-0.05, 0) is 55.5 Å². The van der Waals surface area contributed by atoms with E-state index in [1.807, 2.05) is 0 Å². The lowest BCUT2D eigenvalue weighted by atomic mass is 9.71. The molecule has 1 N–H and O–H groups in total. The Labute approximate surface area is 168 Å². The van der Waals surface area contributed by atoms with E-state index in [4.69, 9.17) is 0 Å². The molecule has 2 aliphatic rings. The SMILES string of the molecule is OC1CN(c2cnccn2)CC2(CCN(Cc3ccc4nsnc4c3)CC2)C1. The van der Waals surface area contributed by atoms with Crippen molar-refractivity contribution < 1.29 is 5.11 Å². The summed E-state index contributed by atoms with van der Waals surface area (Å²) in [6.45, 7) is 4.64. The van der Waals surface area contributed by atoms with Crippen molar-refractivity contribution in [2.45, 2.75) is 31.9 Å². The largest absolute Gasteiger partial charge is 0.391 e. The highest BCUT2D eigenvalue weighted by Gasteiger charge is 2.41. The van der Waals surface area contributed by atoms with Crippen LogP contribution in [0.1, 0.15) is 24.8 Å². The van der Waals surface area contributed by atoms with E-state index in [0.29, 0.717) is 6.54 Å². The summed E-state index contributed by atoms with van der Waals surface area (Å²) in [5, 5.41) is 10.5. The predicted molar refractivity (Wildman–Crippen MR) is 109 cm³/mol. The number of rotatable bonds is 3. The summed E-state index contributed by atoms with van der Waals surface area (Å²) in [7, 11) is 0. The molecule has 146 valence electrons. The third kappa shape index (κ3) is 3.59. The van der Waals surface area contributed by atoms with Crippen LogP contribution in [-0.2, 0) is 6.54 Å². The second-order valence-corrected chi connectivity index (χ2v) is 8.69. The molecule has 1 spiro atoms. The first kappa shape index (κ1) is 17.9. The molecule has 28 heavy (non-hydrogen) atoms. The molecule has 2 fully saturated rings. The number of nitrogens with zero attached hydrogens (tertiary/aromatic N) is 6. The molecule has 8 heteroatoms. The molecule has 2 aromatic heterocycles. The fraction of sp³-hybridized carbons (Fsp3) is 0.500. The van der Waals surface area contributed by atoms with Crippen LogP contribution in [0.3, 0.4) is 0 Å². The van der Waals surface area contributed by atoms with Crippen LogP contribution in [0, 0.1) is 5.41 Å². The molecule has 4 heterocycles. The molecule has 2 saturated heterocycles. The highest BCUT2D eigenvalue weighted by atomic mass is 32.1. The zero-order chi connectivity index (χ0) is 19.0. The maximum absolute atomic E-state index is 10.5. The van der Waals surface area contributed by atoms with E-state index < -0.39 is 0 Å². The third-order valence-corrected chi connectivity index (χ3v) is 6.70. The fourth-order valence-electron chi connectivity index (χ4n) is 4.71. The number of aromatic nitrogens is 4. The molecule has 0 aliphatic carbocycles. The Bertz CT molecular complexity index is 940. The minimum absolute atomic E-state index is 0.161. The van der Waals surface area contributed by atoms with Gasteiger partial charge >= 0.3 is 0 Å². The van der Waals surface area contributed by atoms with E-state index in [0.717, 1.165) is 62.3 Å². The van der Waals surface area contributed by atoms with Gasteiger partial charge in [-0.3, -0.25) is 9.88 Å². The van der Waals surface area contributed by atoms with Gasteiger partial charge in [0.15, 0.2) is 0 Å². The van der Waals surface area contributed by atoms with Gasteiger partial charge in [0.1, 0.15) is 16.9 Å². The predicted octanol–water partition coefficient (Wildman–Crippen LogP) is 2.33. The van der Waals surface area contributed by atoms with Crippen molar-refractivity contribution in [1.29, 1.82) is 0 Å². The second-order valence-electron chi connectivity index (χ2n) is 8.17. The topological polar surface area (TPSA) is 78.3 Å². The number of anilines is 1. The van der Waals surface area contributed by atoms with Gasteiger partial charge in [-0.1, -0.05) is 6.07 Å². The van der Waals surface area contributed by atoms with Crippen LogP contribution in [0.4, 0.5) is 5.82 Å². The average Bonchev–Trinajstić information content (AvgIpc) is 3.18. The lowest BCUT2D eigenvalue weighted by Gasteiger charge is -2.49. The number of benzene rings is 1. The minimum Gasteiger partial charge on any atom is -0.391 e. The fourth-order valence-corrected chi connectivity index (χ4v) is 5.23. The Morgan fingerprint density at radius 2 is 2.00 bits per heavy atom. The molecule has 0 bridgehead atoms. The van der Waals surface area contributed by atoms with Crippen LogP contribution in [0.25, 0.3) is 11.0 Å². The summed E-state index contributed by atoms with van der Waals surface area (Å²) in [4.78, 5) is 13.4. The summed E-state index contributed by atoms with van der Waals surface area (Å²) in [5.74, 6) is 0.869. The molecular formula is C20H24N6OS. The van der Waals surface area contributed by atoms with E-state index in [1.54, 1.807) is 18.6 Å². The third-order valence-electron chi connectivity index (χ3n) is 6.14. The van der Waals surface area contributed by atoms with Crippen LogP contribution < -0.4 is 4.90 Å². The Kier molecular flexibility index (Phi) is 4.70. The van der Waals surface area contributed by atoms with Crippen molar-refractivity contribution in [1.82, 2.24) is 23.6 Å². The van der Waals surface area contributed by atoms with E-state index >= 15 is 0 Å². The number of piperidine rings is 2. The van der Waals surface area contributed by atoms with Crippen LogP contribution in [0.15, 0.2) is 36.8 Å². The molecule has 0 saturated carbocycles. The number of likely N-dealkylation sites (tertiary alicyclic amines) is 1. The van der Waals surface area contributed by atoms with E-state index in [-0.39, 0.29) is 11.5 Å². The molecule has 2 aliphatic heterocycles. The smallest absolute Gasteiger partial charge is 0.147 e. The van der Waals surface area contributed by atoms with Gasteiger partial charge in [-0.15, -0.1) is 0 Å². The summed E-state index contributed by atoms with van der Waals surface area (Å²) in [6, 6.07) is 6.38. The number of aliphatic hydroxyl groups excluding tert-OH is 1. The summed E-state index contributed by atoms with van der Waals surface area (Å²) < 4.78 is 8.64. The molecule has 1 aromatic carbocycles. The van der Waals surface area contributed by atoms with Crippen molar-refractivity contribution in [3.05, 3.63) is 42.4 Å². The maximum Gasteiger partial charge on any atom is 0.147 e. The molecule has 1 atom stereocenters. The average molecular weight is 397 g/mol. The van der Waals surface area contributed by atoms with Gasteiger partial charge in [0.2, 0.25) is 0 Å². The molecule has 3 aromatic rings. The van der Waals surface area contributed by atoms with Crippen LogP contribution in [0.5, 0.6) is 0 Å². The first-order valence-electron chi connectivity index (χ1n) is 9.82. The highest BCUT2D eigenvalue weighted by Crippen LogP contribution is 2.41. The lowest BCUT2D eigenvalue weighted by Crippen LogP contribution is -2.54. The second kappa shape index (κ2) is 7.35. The van der Waals surface area contributed by atoms with Gasteiger partial charge in [0.05, 0.1) is 24.0 Å². The van der Waals surface area contributed by atoms with Gasteiger partial charge in [-0.2, -0.15) is 8.75 Å². The summed E-state index contributed by atoms with van der Waals surface area (Å²) in [5.41, 5.74) is 3.42. The van der Waals surface area contributed by atoms with Crippen LogP contribution in [0.2, 0.25) is 0 Å². The Hall–Kier alpha value is -2.16. The minimum atomic E-state index is -0.304. The van der Waals surface area contributed by atoms with Gasteiger partial charge < -0.3 is 10.0 Å². The first-order valence-corrected chi connectivity index (χ1v) is 10.5. The zero-order valence-corrected chi connectivity index (χ0v) is 16.6. The number of hydrogen-bond acceptors (Lipinski definition) is 8. The first-order chi connectivity index (χ1) is 13.7. The Balaban J connectivity index is 1.25. The lowest BCUT2D eigenvalue weighted by molar-refractivity contribution is 0.0244.